The molecule has 4 amide bonds. The quantitative estimate of drug-likeness (QED) is 0.641. The van der Waals surface area contributed by atoms with E-state index < -0.39 is 11.5 Å². The summed E-state index contributed by atoms with van der Waals surface area (Å²) in [6.45, 7) is 4.13. The van der Waals surface area contributed by atoms with Crippen LogP contribution in [0.3, 0.4) is 0 Å². The molecule has 5 heterocycles. The van der Waals surface area contributed by atoms with Crippen molar-refractivity contribution in [2.45, 2.75) is 75.8 Å². The molecule has 5 aliphatic rings. The van der Waals surface area contributed by atoms with Gasteiger partial charge >= 0.3 is 0 Å². The molecule has 1 N–H and O–H groups in total. The molecule has 3 atom stereocenters. The second-order valence-electron chi connectivity index (χ2n) is 11.8. The molecule has 5 aliphatic heterocycles. The van der Waals surface area contributed by atoms with E-state index in [0.29, 0.717) is 64.8 Å². The van der Waals surface area contributed by atoms with E-state index in [1.807, 2.05) is 39.0 Å². The summed E-state index contributed by atoms with van der Waals surface area (Å²) in [5.41, 5.74) is 0.944. The number of anilines is 1. The standard InChI is InChI=1S/C30H41N5O4/c36-26-12-2-1-5-15-33(26)20-13-27(37)32-16-7-14-31-28(38)24-21-22-9-6-19-35(22)30(24)23-10-3-4-11-25(23)34(29(30)39)18-8-17-32/h3-4,10-11,22,24H,1-2,5-9,12-21H2,(H,31,38)/t22-,24-,30+/m0/s1. The number of amides is 4. The van der Waals surface area contributed by atoms with Crippen LogP contribution < -0.4 is 10.2 Å². The van der Waals surface area contributed by atoms with Crippen LogP contribution in [0.25, 0.3) is 0 Å². The Labute approximate surface area is 230 Å². The highest BCUT2D eigenvalue weighted by Gasteiger charge is 2.67. The van der Waals surface area contributed by atoms with Gasteiger partial charge in [0.2, 0.25) is 17.7 Å². The number of nitrogens with zero attached hydrogens (tertiary/aromatic N) is 4. The number of carbonyl (C=O) groups excluding carboxylic acids is 4. The second kappa shape index (κ2) is 10.9. The molecule has 0 radical (unpaired) electrons. The SMILES string of the molecule is O=C1NCCCN(C(=O)CCN2CCCCCC2=O)CCCN2C(=O)[C@@]3(c4ccccc42)[C@H]1C[C@@H]1CCCN13. The zero-order valence-corrected chi connectivity index (χ0v) is 22.9. The molecule has 6 rings (SSSR count). The number of carbonyl (C=O) groups is 4. The van der Waals surface area contributed by atoms with Crippen LogP contribution in [0.1, 0.15) is 69.8 Å². The van der Waals surface area contributed by atoms with E-state index in [1.165, 1.54) is 0 Å². The fraction of sp³-hybridized carbons (Fsp3) is 0.667. The van der Waals surface area contributed by atoms with Gasteiger partial charge in [0.25, 0.3) is 5.91 Å². The molecule has 2 bridgehead atoms. The van der Waals surface area contributed by atoms with Gasteiger partial charge in [-0.15, -0.1) is 0 Å². The normalized spacial score (nSPS) is 30.1. The maximum absolute atomic E-state index is 14.4. The lowest BCUT2D eigenvalue weighted by molar-refractivity contribution is -0.138. The Morgan fingerprint density at radius 2 is 1.77 bits per heavy atom. The number of hydrogen-bond acceptors (Lipinski definition) is 5. The molecule has 39 heavy (non-hydrogen) atoms. The molecule has 9 heteroatoms. The second-order valence-corrected chi connectivity index (χ2v) is 11.8. The first kappa shape index (κ1) is 26.3. The Morgan fingerprint density at radius 3 is 2.67 bits per heavy atom. The van der Waals surface area contributed by atoms with Crippen LogP contribution in [0.15, 0.2) is 24.3 Å². The summed E-state index contributed by atoms with van der Waals surface area (Å²) in [5, 5.41) is 3.14. The maximum Gasteiger partial charge on any atom is 0.253 e. The van der Waals surface area contributed by atoms with E-state index in [2.05, 4.69) is 10.2 Å². The van der Waals surface area contributed by atoms with E-state index in [9.17, 15) is 19.2 Å². The van der Waals surface area contributed by atoms with Crippen molar-refractivity contribution in [1.82, 2.24) is 20.0 Å². The Kier molecular flexibility index (Phi) is 7.35. The van der Waals surface area contributed by atoms with Crippen molar-refractivity contribution in [2.75, 3.05) is 50.7 Å². The van der Waals surface area contributed by atoms with Crippen molar-refractivity contribution in [1.29, 1.82) is 0 Å². The third-order valence-corrected chi connectivity index (χ3v) is 9.67. The third kappa shape index (κ3) is 4.52. The molecule has 0 aromatic heterocycles. The number of fused-ring (bicyclic) bond motifs is 4. The molecular weight excluding hydrogens is 494 g/mol. The van der Waals surface area contributed by atoms with Crippen molar-refractivity contribution in [3.05, 3.63) is 29.8 Å². The predicted octanol–water partition coefficient (Wildman–Crippen LogP) is 2.24. The summed E-state index contributed by atoms with van der Waals surface area (Å²) in [7, 11) is 0. The largest absolute Gasteiger partial charge is 0.356 e. The summed E-state index contributed by atoms with van der Waals surface area (Å²) < 4.78 is 0. The highest BCUT2D eigenvalue weighted by atomic mass is 16.2. The lowest BCUT2D eigenvalue weighted by atomic mass is 9.78. The van der Waals surface area contributed by atoms with Gasteiger partial charge in [-0.1, -0.05) is 24.6 Å². The van der Waals surface area contributed by atoms with Gasteiger partial charge < -0.3 is 20.0 Å². The van der Waals surface area contributed by atoms with Crippen LogP contribution in [-0.4, -0.2) is 90.2 Å². The smallest absolute Gasteiger partial charge is 0.253 e. The minimum atomic E-state index is -0.925. The van der Waals surface area contributed by atoms with Crippen molar-refractivity contribution >= 4 is 29.3 Å². The minimum Gasteiger partial charge on any atom is -0.356 e. The average molecular weight is 536 g/mol. The van der Waals surface area contributed by atoms with Gasteiger partial charge in [0.1, 0.15) is 5.54 Å². The Hall–Kier alpha value is -2.94. The lowest BCUT2D eigenvalue weighted by Gasteiger charge is -2.37. The molecular formula is C30H41N5O4. The minimum absolute atomic E-state index is 0.0186. The van der Waals surface area contributed by atoms with Gasteiger partial charge in [-0.3, -0.25) is 24.1 Å². The molecule has 4 fully saturated rings. The van der Waals surface area contributed by atoms with E-state index in [1.54, 1.807) is 0 Å². The van der Waals surface area contributed by atoms with E-state index in [0.717, 1.165) is 56.4 Å². The molecule has 210 valence electrons. The van der Waals surface area contributed by atoms with Crippen LogP contribution in [0.2, 0.25) is 0 Å². The number of para-hydroxylation sites is 1. The monoisotopic (exact) mass is 535 g/mol. The van der Waals surface area contributed by atoms with E-state index in [4.69, 9.17) is 0 Å². The number of nitrogens with one attached hydrogen (secondary N) is 1. The summed E-state index contributed by atoms with van der Waals surface area (Å²) >= 11 is 0. The molecule has 1 spiro atoms. The van der Waals surface area contributed by atoms with Gasteiger partial charge in [0, 0.05) is 69.4 Å². The van der Waals surface area contributed by atoms with Crippen LogP contribution >= 0.6 is 0 Å². The number of likely N-dealkylation sites (tertiary alicyclic amines) is 1. The zero-order valence-electron chi connectivity index (χ0n) is 22.9. The van der Waals surface area contributed by atoms with Gasteiger partial charge in [0.05, 0.1) is 5.92 Å². The highest BCUT2D eigenvalue weighted by Crippen LogP contribution is 2.57. The van der Waals surface area contributed by atoms with Gasteiger partial charge in [-0.2, -0.15) is 0 Å². The predicted molar refractivity (Wildman–Crippen MR) is 147 cm³/mol. The molecule has 4 saturated heterocycles. The summed E-state index contributed by atoms with van der Waals surface area (Å²) in [6, 6.07) is 8.25. The van der Waals surface area contributed by atoms with Gasteiger partial charge in [0.15, 0.2) is 0 Å². The molecule has 0 aliphatic carbocycles. The first-order valence-corrected chi connectivity index (χ1v) is 15.0. The fourth-order valence-corrected chi connectivity index (χ4v) is 7.83. The van der Waals surface area contributed by atoms with E-state index >= 15 is 0 Å². The number of hydrogen-bond donors (Lipinski definition) is 1. The van der Waals surface area contributed by atoms with Crippen molar-refractivity contribution in [2.24, 2.45) is 5.92 Å². The number of rotatable bonds is 3. The zero-order chi connectivity index (χ0) is 27.0. The fourth-order valence-electron chi connectivity index (χ4n) is 7.83. The third-order valence-electron chi connectivity index (χ3n) is 9.67. The highest BCUT2D eigenvalue weighted by molar-refractivity contribution is 6.10. The first-order chi connectivity index (χ1) is 19.0. The number of benzene rings is 1. The van der Waals surface area contributed by atoms with E-state index in [-0.39, 0.29) is 29.7 Å². The average Bonchev–Trinajstić information content (AvgIpc) is 3.54. The molecule has 9 nitrogen and oxygen atoms in total. The first-order valence-electron chi connectivity index (χ1n) is 15.0. The summed E-state index contributed by atoms with van der Waals surface area (Å²) in [5.74, 6) is -0.254. The summed E-state index contributed by atoms with van der Waals surface area (Å²) in [4.78, 5) is 61.7. The molecule has 1 aromatic carbocycles. The van der Waals surface area contributed by atoms with Crippen molar-refractivity contribution < 1.29 is 19.2 Å². The Morgan fingerprint density at radius 1 is 0.923 bits per heavy atom. The van der Waals surface area contributed by atoms with Gasteiger partial charge in [-0.25, -0.2) is 0 Å². The molecule has 0 unspecified atom stereocenters. The topological polar surface area (TPSA) is 93.3 Å². The van der Waals surface area contributed by atoms with Gasteiger partial charge in [-0.05, 0) is 57.6 Å². The van der Waals surface area contributed by atoms with Crippen LogP contribution in [0.4, 0.5) is 5.69 Å². The Balaban J connectivity index is 1.22. The van der Waals surface area contributed by atoms with Crippen LogP contribution in [-0.2, 0) is 24.7 Å². The van der Waals surface area contributed by atoms with Crippen LogP contribution in [0.5, 0.6) is 0 Å². The molecule has 0 saturated carbocycles. The molecule has 1 aromatic rings. The maximum atomic E-state index is 14.4. The lowest BCUT2D eigenvalue weighted by Crippen LogP contribution is -2.56. The Bertz CT molecular complexity index is 1140. The van der Waals surface area contributed by atoms with Crippen LogP contribution in [0, 0.1) is 5.92 Å². The van der Waals surface area contributed by atoms with Crippen molar-refractivity contribution in [3.8, 4) is 0 Å². The summed E-state index contributed by atoms with van der Waals surface area (Å²) in [6.07, 6.45) is 8.00. The van der Waals surface area contributed by atoms with Crippen molar-refractivity contribution in [3.63, 3.8) is 0 Å².